The lowest BCUT2D eigenvalue weighted by Gasteiger charge is -2.09. The molecule has 6 heteroatoms. The number of carbonyl (C=O) groups is 1. The Morgan fingerprint density at radius 3 is 2.57 bits per heavy atom. The Bertz CT molecular complexity index is 734. The zero-order valence-corrected chi connectivity index (χ0v) is 12.7. The summed E-state index contributed by atoms with van der Waals surface area (Å²) < 4.78 is 13.9. The molecule has 0 saturated carbocycles. The maximum Gasteiger partial charge on any atom is 0.257 e. The third kappa shape index (κ3) is 3.56. The molecule has 2 aromatic rings. The number of hydrogen-bond acceptors (Lipinski definition) is 2. The lowest BCUT2D eigenvalue weighted by Crippen LogP contribution is -2.15. The van der Waals surface area contributed by atoms with E-state index in [-0.39, 0.29) is 16.2 Å². The van der Waals surface area contributed by atoms with E-state index in [1.54, 1.807) is 18.2 Å². The zero-order valence-electron chi connectivity index (χ0n) is 11.1. The van der Waals surface area contributed by atoms with Crippen molar-refractivity contribution in [1.29, 1.82) is 0 Å². The first-order chi connectivity index (χ1) is 9.88. The molecule has 0 heterocycles. The van der Waals surface area contributed by atoms with Crippen LogP contribution in [0.5, 0.6) is 0 Å². The van der Waals surface area contributed by atoms with Crippen molar-refractivity contribution in [3.8, 4) is 0 Å². The first-order valence-electron chi connectivity index (χ1n) is 6.05. The summed E-state index contributed by atoms with van der Waals surface area (Å²) in [5, 5.41) is 2.78. The minimum absolute atomic E-state index is 0.0386. The van der Waals surface area contributed by atoms with Gasteiger partial charge in [-0.25, -0.2) is 4.39 Å². The number of nitrogens with one attached hydrogen (secondary N) is 1. The van der Waals surface area contributed by atoms with Gasteiger partial charge in [0.1, 0.15) is 10.8 Å². The van der Waals surface area contributed by atoms with Gasteiger partial charge in [0.2, 0.25) is 0 Å². The summed E-state index contributed by atoms with van der Waals surface area (Å²) in [4.78, 5) is 12.2. The van der Waals surface area contributed by atoms with Crippen molar-refractivity contribution in [3.05, 3.63) is 63.9 Å². The molecule has 0 saturated heterocycles. The second-order valence-corrected chi connectivity index (χ2v) is 5.34. The van der Waals surface area contributed by atoms with Gasteiger partial charge in [-0.15, -0.1) is 0 Å². The molecule has 2 rings (SSSR count). The third-order valence-electron chi connectivity index (χ3n) is 2.87. The summed E-state index contributed by atoms with van der Waals surface area (Å²) in [6, 6.07) is 9.14. The summed E-state index contributed by atoms with van der Waals surface area (Å²) in [5.74, 6) is -1.10. The number of nitrogens with two attached hydrogens (primary N) is 1. The highest BCUT2D eigenvalue weighted by molar-refractivity contribution is 7.80. The summed E-state index contributed by atoms with van der Waals surface area (Å²) >= 11 is 10.8. The lowest BCUT2D eigenvalue weighted by atomic mass is 10.1. The minimum atomic E-state index is -0.614. The molecule has 0 spiro atoms. The van der Waals surface area contributed by atoms with Crippen LogP contribution in [0.2, 0.25) is 5.02 Å². The number of hydrogen-bond donors (Lipinski definition) is 2. The molecule has 3 N–H and O–H groups in total. The van der Waals surface area contributed by atoms with E-state index in [1.165, 1.54) is 18.2 Å². The van der Waals surface area contributed by atoms with Gasteiger partial charge in [0.25, 0.3) is 5.91 Å². The van der Waals surface area contributed by atoms with E-state index in [2.05, 4.69) is 5.32 Å². The Kier molecular flexibility index (Phi) is 4.55. The summed E-state index contributed by atoms with van der Waals surface area (Å²) in [5.41, 5.74) is 7.07. The van der Waals surface area contributed by atoms with Gasteiger partial charge < -0.3 is 11.1 Å². The van der Waals surface area contributed by atoms with Crippen molar-refractivity contribution in [3.63, 3.8) is 0 Å². The van der Waals surface area contributed by atoms with Gasteiger partial charge in [0, 0.05) is 5.56 Å². The Balaban J connectivity index is 2.25. The van der Waals surface area contributed by atoms with Crippen LogP contribution < -0.4 is 11.1 Å². The number of halogens is 2. The van der Waals surface area contributed by atoms with Crippen LogP contribution in [0.25, 0.3) is 0 Å². The van der Waals surface area contributed by atoms with E-state index in [0.717, 1.165) is 5.56 Å². The van der Waals surface area contributed by atoms with Crippen molar-refractivity contribution in [1.82, 2.24) is 0 Å². The fraction of sp³-hybridized carbons (Fsp3) is 0.0667. The third-order valence-corrected chi connectivity index (χ3v) is 3.42. The molecule has 1 amide bonds. The van der Waals surface area contributed by atoms with E-state index in [1.807, 2.05) is 6.92 Å². The molecule has 0 aromatic heterocycles. The molecule has 21 heavy (non-hydrogen) atoms. The van der Waals surface area contributed by atoms with Gasteiger partial charge in [-0.2, -0.15) is 0 Å². The van der Waals surface area contributed by atoms with Gasteiger partial charge in [-0.3, -0.25) is 4.79 Å². The molecular weight excluding hydrogens is 311 g/mol. The Morgan fingerprint density at radius 2 is 2.00 bits per heavy atom. The quantitative estimate of drug-likeness (QED) is 0.848. The van der Waals surface area contributed by atoms with Gasteiger partial charge in [0.15, 0.2) is 0 Å². The molecule has 0 aliphatic heterocycles. The molecule has 0 unspecified atom stereocenters. The molecule has 0 aliphatic rings. The standard InChI is InChI=1S/C15H12ClFN2OS/c1-8-2-4-10(11(16)6-8)15(20)19-13-5-3-9(14(18)21)7-12(13)17/h2-7H,1H3,(H2,18,21)(H,19,20). The van der Waals surface area contributed by atoms with Crippen LogP contribution in [-0.4, -0.2) is 10.9 Å². The summed E-state index contributed by atoms with van der Waals surface area (Å²) in [7, 11) is 0. The maximum atomic E-state index is 13.9. The molecule has 2 aromatic carbocycles. The van der Waals surface area contributed by atoms with Crippen LogP contribution in [0.4, 0.5) is 10.1 Å². The number of rotatable bonds is 3. The van der Waals surface area contributed by atoms with Crippen LogP contribution >= 0.6 is 23.8 Å². The summed E-state index contributed by atoms with van der Waals surface area (Å²) in [6.45, 7) is 1.86. The largest absolute Gasteiger partial charge is 0.389 e. The highest BCUT2D eigenvalue weighted by atomic mass is 35.5. The first kappa shape index (κ1) is 15.4. The van der Waals surface area contributed by atoms with Crippen LogP contribution in [0.1, 0.15) is 21.5 Å². The van der Waals surface area contributed by atoms with Gasteiger partial charge in [-0.1, -0.05) is 29.9 Å². The van der Waals surface area contributed by atoms with Crippen molar-refractivity contribution < 1.29 is 9.18 Å². The van der Waals surface area contributed by atoms with Gasteiger partial charge in [-0.05, 0) is 42.8 Å². The normalized spacial score (nSPS) is 10.2. The predicted octanol–water partition coefficient (Wildman–Crippen LogP) is 3.67. The SMILES string of the molecule is Cc1ccc(C(=O)Nc2ccc(C(N)=S)cc2F)c(Cl)c1. The fourth-order valence-corrected chi connectivity index (χ4v) is 2.21. The number of anilines is 1. The van der Waals surface area contributed by atoms with Crippen LogP contribution in [0, 0.1) is 12.7 Å². The monoisotopic (exact) mass is 322 g/mol. The lowest BCUT2D eigenvalue weighted by molar-refractivity contribution is 0.102. The second-order valence-electron chi connectivity index (χ2n) is 4.50. The zero-order chi connectivity index (χ0) is 15.6. The maximum absolute atomic E-state index is 13.9. The molecule has 0 bridgehead atoms. The fourth-order valence-electron chi connectivity index (χ4n) is 1.76. The molecule has 3 nitrogen and oxygen atoms in total. The molecule has 0 radical (unpaired) electrons. The Hall–Kier alpha value is -1.98. The molecular formula is C15H12ClFN2OS. The minimum Gasteiger partial charge on any atom is -0.389 e. The number of carbonyl (C=O) groups excluding carboxylic acids is 1. The molecule has 0 aliphatic carbocycles. The van der Waals surface area contributed by atoms with Crippen LogP contribution in [0.15, 0.2) is 36.4 Å². The molecule has 108 valence electrons. The van der Waals surface area contributed by atoms with E-state index >= 15 is 0 Å². The first-order valence-corrected chi connectivity index (χ1v) is 6.84. The van der Waals surface area contributed by atoms with Crippen molar-refractivity contribution >= 4 is 40.4 Å². The number of thiocarbonyl (C=S) groups is 1. The smallest absolute Gasteiger partial charge is 0.257 e. The number of aryl methyl sites for hydroxylation is 1. The average Bonchev–Trinajstić information content (AvgIpc) is 2.40. The highest BCUT2D eigenvalue weighted by Crippen LogP contribution is 2.21. The Morgan fingerprint density at radius 1 is 1.29 bits per heavy atom. The van der Waals surface area contributed by atoms with E-state index < -0.39 is 11.7 Å². The predicted molar refractivity (Wildman–Crippen MR) is 86.4 cm³/mol. The number of amides is 1. The van der Waals surface area contributed by atoms with E-state index in [9.17, 15) is 9.18 Å². The Labute approximate surface area is 131 Å². The topological polar surface area (TPSA) is 55.1 Å². The average molecular weight is 323 g/mol. The van der Waals surface area contributed by atoms with Crippen molar-refractivity contribution in [2.45, 2.75) is 6.92 Å². The number of benzene rings is 2. The van der Waals surface area contributed by atoms with Crippen LogP contribution in [0.3, 0.4) is 0 Å². The van der Waals surface area contributed by atoms with Crippen molar-refractivity contribution in [2.75, 3.05) is 5.32 Å². The second kappa shape index (κ2) is 6.20. The van der Waals surface area contributed by atoms with Gasteiger partial charge >= 0.3 is 0 Å². The van der Waals surface area contributed by atoms with Crippen molar-refractivity contribution in [2.24, 2.45) is 5.73 Å². The summed E-state index contributed by atoms with van der Waals surface area (Å²) in [6.07, 6.45) is 0. The van der Waals surface area contributed by atoms with Gasteiger partial charge in [0.05, 0.1) is 16.3 Å². The van der Waals surface area contributed by atoms with Crippen LogP contribution in [-0.2, 0) is 0 Å². The van der Waals surface area contributed by atoms with E-state index in [0.29, 0.717) is 10.6 Å². The van der Waals surface area contributed by atoms with E-state index in [4.69, 9.17) is 29.6 Å². The molecule has 0 atom stereocenters. The highest BCUT2D eigenvalue weighted by Gasteiger charge is 2.13. The molecule has 0 fully saturated rings.